The highest BCUT2D eigenvalue weighted by molar-refractivity contribution is 5.79. The van der Waals surface area contributed by atoms with Gasteiger partial charge in [-0.05, 0) is 44.6 Å². The molecule has 3 heteroatoms. The van der Waals surface area contributed by atoms with Gasteiger partial charge in [0.15, 0.2) is 0 Å². The van der Waals surface area contributed by atoms with Gasteiger partial charge in [-0.25, -0.2) is 0 Å². The Bertz CT molecular complexity index is 490. The number of Topliss-reactive ketones (excluding diaryl/α,β-unsaturated/α-hetero) is 1. The first-order chi connectivity index (χ1) is 11.0. The van der Waals surface area contributed by atoms with Crippen molar-refractivity contribution in [1.29, 1.82) is 0 Å². The molecule has 23 heavy (non-hydrogen) atoms. The summed E-state index contributed by atoms with van der Waals surface area (Å²) in [6.07, 6.45) is 3.76. The van der Waals surface area contributed by atoms with Crippen LogP contribution in [0.1, 0.15) is 69.9 Å². The van der Waals surface area contributed by atoms with Gasteiger partial charge in [0, 0.05) is 12.3 Å². The Morgan fingerprint density at radius 1 is 1.13 bits per heavy atom. The van der Waals surface area contributed by atoms with E-state index in [9.17, 15) is 9.59 Å². The van der Waals surface area contributed by atoms with Crippen molar-refractivity contribution < 1.29 is 14.3 Å². The molecule has 0 amide bonds. The molecule has 0 radical (unpaired) electrons. The van der Waals surface area contributed by atoms with Crippen molar-refractivity contribution in [3.63, 3.8) is 0 Å². The summed E-state index contributed by atoms with van der Waals surface area (Å²) in [4.78, 5) is 23.6. The van der Waals surface area contributed by atoms with Gasteiger partial charge in [0.25, 0.3) is 0 Å². The van der Waals surface area contributed by atoms with Gasteiger partial charge >= 0.3 is 5.97 Å². The van der Waals surface area contributed by atoms with Crippen molar-refractivity contribution in [3.8, 4) is 0 Å². The van der Waals surface area contributed by atoms with Crippen LogP contribution in [-0.2, 0) is 14.3 Å². The molecule has 0 bridgehead atoms. The third-order valence-corrected chi connectivity index (χ3v) is 4.39. The Kier molecular flexibility index (Phi) is 8.60. The van der Waals surface area contributed by atoms with Crippen LogP contribution in [0.15, 0.2) is 24.3 Å². The van der Waals surface area contributed by atoms with Crippen LogP contribution in [0.2, 0.25) is 0 Å². The summed E-state index contributed by atoms with van der Waals surface area (Å²) >= 11 is 0. The van der Waals surface area contributed by atoms with E-state index in [1.807, 2.05) is 0 Å². The summed E-state index contributed by atoms with van der Waals surface area (Å²) in [6.45, 7) is 8.37. The van der Waals surface area contributed by atoms with E-state index in [1.165, 1.54) is 11.1 Å². The van der Waals surface area contributed by atoms with E-state index in [0.29, 0.717) is 19.4 Å². The van der Waals surface area contributed by atoms with Crippen molar-refractivity contribution in [2.45, 2.75) is 65.7 Å². The molecule has 0 saturated heterocycles. The van der Waals surface area contributed by atoms with Crippen LogP contribution in [0, 0.1) is 12.8 Å². The van der Waals surface area contributed by atoms with Crippen molar-refractivity contribution in [2.75, 3.05) is 6.61 Å². The van der Waals surface area contributed by atoms with Crippen molar-refractivity contribution in [1.82, 2.24) is 0 Å². The summed E-state index contributed by atoms with van der Waals surface area (Å²) in [5.74, 6) is 0.173. The quantitative estimate of drug-likeness (QED) is 0.459. The molecule has 3 nitrogen and oxygen atoms in total. The Morgan fingerprint density at radius 3 is 2.35 bits per heavy atom. The highest BCUT2D eigenvalue weighted by Crippen LogP contribution is 2.29. The largest absolute Gasteiger partial charge is 0.466 e. The second kappa shape index (κ2) is 10.2. The lowest BCUT2D eigenvalue weighted by atomic mass is 9.81. The maximum Gasteiger partial charge on any atom is 0.305 e. The molecule has 1 aromatic carbocycles. The van der Waals surface area contributed by atoms with Gasteiger partial charge in [-0.2, -0.15) is 0 Å². The number of ether oxygens (including phenoxy) is 1. The molecule has 0 fully saturated rings. The number of ketones is 1. The van der Waals surface area contributed by atoms with Crippen LogP contribution in [-0.4, -0.2) is 18.4 Å². The molecule has 0 N–H and O–H groups in total. The molecule has 0 spiro atoms. The molecule has 0 saturated carbocycles. The maximum atomic E-state index is 12.0. The summed E-state index contributed by atoms with van der Waals surface area (Å²) in [6, 6.07) is 8.34. The van der Waals surface area contributed by atoms with Crippen LogP contribution >= 0.6 is 0 Å². The normalized spacial score (nSPS) is 13.4. The number of carbonyl (C=O) groups excluding carboxylic acids is 2. The minimum absolute atomic E-state index is 0.0406. The highest BCUT2D eigenvalue weighted by Gasteiger charge is 2.23. The summed E-state index contributed by atoms with van der Waals surface area (Å²) < 4.78 is 5.16. The third-order valence-electron chi connectivity index (χ3n) is 4.39. The van der Waals surface area contributed by atoms with E-state index in [1.54, 1.807) is 6.92 Å². The van der Waals surface area contributed by atoms with Crippen LogP contribution in [0.3, 0.4) is 0 Å². The maximum absolute atomic E-state index is 12.0. The van der Waals surface area contributed by atoms with Gasteiger partial charge in [-0.3, -0.25) is 9.59 Å². The van der Waals surface area contributed by atoms with Crippen LogP contribution in [0.4, 0.5) is 0 Å². The van der Waals surface area contributed by atoms with Crippen LogP contribution < -0.4 is 0 Å². The predicted octanol–water partition coefficient (Wildman–Crippen LogP) is 4.82. The first-order valence-corrected chi connectivity index (χ1v) is 8.68. The molecule has 0 aliphatic carbocycles. The lowest BCUT2D eigenvalue weighted by Gasteiger charge is -2.22. The van der Waals surface area contributed by atoms with Crippen molar-refractivity contribution in [2.24, 2.45) is 5.92 Å². The number of hydrogen-bond acceptors (Lipinski definition) is 3. The van der Waals surface area contributed by atoms with Gasteiger partial charge in [0.2, 0.25) is 0 Å². The standard InChI is InChI=1S/C20H30O3/c1-5-6-14-23-20(22)9-7-8-19(17(4)21)16(3)18-12-10-15(2)11-13-18/h10-13,16,19H,5-9,14H2,1-4H3. The monoisotopic (exact) mass is 318 g/mol. The fourth-order valence-electron chi connectivity index (χ4n) is 2.78. The minimum Gasteiger partial charge on any atom is -0.466 e. The summed E-state index contributed by atoms with van der Waals surface area (Å²) in [5, 5.41) is 0. The van der Waals surface area contributed by atoms with Crippen molar-refractivity contribution in [3.05, 3.63) is 35.4 Å². The minimum atomic E-state index is -0.149. The van der Waals surface area contributed by atoms with E-state index in [0.717, 1.165) is 19.3 Å². The topological polar surface area (TPSA) is 43.4 Å². The molecule has 2 unspecified atom stereocenters. The van der Waals surface area contributed by atoms with Crippen molar-refractivity contribution >= 4 is 11.8 Å². The van der Waals surface area contributed by atoms with Gasteiger partial charge < -0.3 is 4.74 Å². The zero-order valence-electron chi connectivity index (χ0n) is 14.9. The number of carbonyl (C=O) groups is 2. The Balaban J connectivity index is 2.50. The third kappa shape index (κ3) is 6.98. The summed E-state index contributed by atoms with van der Waals surface area (Å²) in [5.41, 5.74) is 2.40. The Morgan fingerprint density at radius 2 is 1.78 bits per heavy atom. The SMILES string of the molecule is CCCCOC(=O)CCCC(C(C)=O)C(C)c1ccc(C)cc1. The van der Waals surface area contributed by atoms with E-state index in [2.05, 4.69) is 45.0 Å². The van der Waals surface area contributed by atoms with Gasteiger partial charge in [0.05, 0.1) is 6.61 Å². The zero-order valence-corrected chi connectivity index (χ0v) is 14.9. The molecule has 0 aliphatic heterocycles. The lowest BCUT2D eigenvalue weighted by Crippen LogP contribution is -2.19. The zero-order chi connectivity index (χ0) is 17.2. The highest BCUT2D eigenvalue weighted by atomic mass is 16.5. The number of hydrogen-bond donors (Lipinski definition) is 0. The van der Waals surface area contributed by atoms with E-state index < -0.39 is 0 Å². The van der Waals surface area contributed by atoms with Gasteiger partial charge in [-0.15, -0.1) is 0 Å². The smallest absolute Gasteiger partial charge is 0.305 e. The fraction of sp³-hybridized carbons (Fsp3) is 0.600. The predicted molar refractivity (Wildman–Crippen MR) is 93.5 cm³/mol. The average Bonchev–Trinajstić information content (AvgIpc) is 2.51. The number of rotatable bonds is 10. The van der Waals surface area contributed by atoms with Crippen LogP contribution in [0.5, 0.6) is 0 Å². The number of benzene rings is 1. The molecule has 2 atom stereocenters. The number of esters is 1. The molecule has 128 valence electrons. The fourth-order valence-corrected chi connectivity index (χ4v) is 2.78. The molecular formula is C20H30O3. The van der Waals surface area contributed by atoms with Gasteiger partial charge in [-0.1, -0.05) is 50.1 Å². The molecule has 1 aromatic rings. The van der Waals surface area contributed by atoms with Crippen LogP contribution in [0.25, 0.3) is 0 Å². The van der Waals surface area contributed by atoms with E-state index in [-0.39, 0.29) is 23.6 Å². The lowest BCUT2D eigenvalue weighted by molar-refractivity contribution is -0.144. The second-order valence-corrected chi connectivity index (χ2v) is 6.38. The second-order valence-electron chi connectivity index (χ2n) is 6.38. The number of aryl methyl sites for hydroxylation is 1. The Hall–Kier alpha value is -1.64. The number of unbranched alkanes of at least 4 members (excludes halogenated alkanes) is 1. The van der Waals surface area contributed by atoms with E-state index in [4.69, 9.17) is 4.74 Å². The molecule has 0 heterocycles. The molecular weight excluding hydrogens is 288 g/mol. The Labute approximate surface area is 140 Å². The van der Waals surface area contributed by atoms with E-state index >= 15 is 0 Å². The summed E-state index contributed by atoms with van der Waals surface area (Å²) in [7, 11) is 0. The average molecular weight is 318 g/mol. The molecule has 1 rings (SSSR count). The first-order valence-electron chi connectivity index (χ1n) is 8.68. The molecule has 0 aromatic heterocycles. The first kappa shape index (κ1) is 19.4. The van der Waals surface area contributed by atoms with Gasteiger partial charge in [0.1, 0.15) is 5.78 Å². The molecule has 0 aliphatic rings.